The highest BCUT2D eigenvalue weighted by atomic mass is 16.2. The summed E-state index contributed by atoms with van der Waals surface area (Å²) in [6.45, 7) is 2.40. The molecule has 0 spiro atoms. The zero-order chi connectivity index (χ0) is 16.4. The fourth-order valence-corrected chi connectivity index (χ4v) is 2.97. The molecule has 1 atom stereocenters. The third kappa shape index (κ3) is 3.46. The smallest absolute Gasteiger partial charge is 0.322 e. The molecule has 4 amide bonds. The Labute approximate surface area is 133 Å². The molecule has 1 saturated heterocycles. The Bertz CT molecular complexity index is 673. The van der Waals surface area contributed by atoms with E-state index in [-0.39, 0.29) is 12.3 Å². The molecule has 1 aliphatic carbocycles. The minimum absolute atomic E-state index is 0.0678. The van der Waals surface area contributed by atoms with Crippen LogP contribution in [-0.2, 0) is 28.9 Å². The number of aryl methyl sites for hydroxylation is 2. The molecule has 122 valence electrons. The van der Waals surface area contributed by atoms with Crippen molar-refractivity contribution in [1.82, 2.24) is 25.9 Å². The molecular formula is C15H19N5O3. The molecule has 3 N–H and O–H groups in total. The van der Waals surface area contributed by atoms with Crippen LogP contribution in [0, 0.1) is 6.92 Å². The fourth-order valence-electron chi connectivity index (χ4n) is 2.97. The Hall–Kier alpha value is -2.51. The third-order valence-corrected chi connectivity index (χ3v) is 4.11. The Morgan fingerprint density at radius 2 is 2.13 bits per heavy atom. The first kappa shape index (κ1) is 15.4. The number of hydrogen-bond acceptors (Lipinski definition) is 5. The van der Waals surface area contributed by atoms with E-state index in [4.69, 9.17) is 0 Å². The summed E-state index contributed by atoms with van der Waals surface area (Å²) >= 11 is 0. The Morgan fingerprint density at radius 1 is 1.30 bits per heavy atom. The van der Waals surface area contributed by atoms with Crippen LogP contribution in [0.25, 0.3) is 0 Å². The van der Waals surface area contributed by atoms with Crippen LogP contribution in [0.3, 0.4) is 0 Å². The van der Waals surface area contributed by atoms with Crippen molar-refractivity contribution in [3.63, 3.8) is 0 Å². The fraction of sp³-hybridized carbons (Fsp3) is 0.533. The van der Waals surface area contributed by atoms with Crippen LogP contribution in [-0.4, -0.2) is 40.4 Å². The Morgan fingerprint density at radius 3 is 2.87 bits per heavy atom. The number of amides is 4. The third-order valence-electron chi connectivity index (χ3n) is 4.11. The first-order chi connectivity index (χ1) is 11.0. The Kier molecular flexibility index (Phi) is 4.22. The largest absolute Gasteiger partial charge is 0.356 e. The van der Waals surface area contributed by atoms with Crippen molar-refractivity contribution in [1.29, 1.82) is 0 Å². The molecule has 0 radical (unpaired) electrons. The van der Waals surface area contributed by atoms with Crippen molar-refractivity contribution in [2.75, 3.05) is 6.54 Å². The number of urea groups is 1. The van der Waals surface area contributed by atoms with E-state index in [2.05, 4.69) is 25.9 Å². The van der Waals surface area contributed by atoms with Crippen LogP contribution in [0.4, 0.5) is 4.79 Å². The summed E-state index contributed by atoms with van der Waals surface area (Å²) in [5, 5.41) is 7.22. The van der Waals surface area contributed by atoms with E-state index in [1.54, 1.807) is 0 Å². The number of rotatable bonds is 5. The highest BCUT2D eigenvalue weighted by molar-refractivity contribution is 6.05. The molecule has 1 aliphatic heterocycles. The zero-order valence-corrected chi connectivity index (χ0v) is 12.9. The van der Waals surface area contributed by atoms with Crippen molar-refractivity contribution in [2.24, 2.45) is 0 Å². The van der Waals surface area contributed by atoms with Crippen LogP contribution >= 0.6 is 0 Å². The second-order valence-corrected chi connectivity index (χ2v) is 5.82. The van der Waals surface area contributed by atoms with E-state index in [0.29, 0.717) is 13.0 Å². The Balaban J connectivity index is 1.48. The molecule has 1 aromatic rings. The molecular weight excluding hydrogens is 298 g/mol. The van der Waals surface area contributed by atoms with Crippen molar-refractivity contribution < 1.29 is 14.4 Å². The van der Waals surface area contributed by atoms with Gasteiger partial charge >= 0.3 is 6.03 Å². The number of carbonyl (C=O) groups is 3. The molecule has 0 aromatic carbocycles. The van der Waals surface area contributed by atoms with Gasteiger partial charge in [0, 0.05) is 24.4 Å². The van der Waals surface area contributed by atoms with Gasteiger partial charge in [0.15, 0.2) is 0 Å². The van der Waals surface area contributed by atoms with Crippen LogP contribution in [0.2, 0.25) is 0 Å². The number of imide groups is 1. The maximum absolute atomic E-state index is 11.8. The first-order valence-electron chi connectivity index (χ1n) is 7.76. The molecule has 1 fully saturated rings. The zero-order valence-electron chi connectivity index (χ0n) is 12.9. The van der Waals surface area contributed by atoms with Gasteiger partial charge in [0.1, 0.15) is 11.9 Å². The van der Waals surface area contributed by atoms with E-state index >= 15 is 0 Å². The minimum Gasteiger partial charge on any atom is -0.356 e. The number of aromatic nitrogens is 2. The van der Waals surface area contributed by atoms with Gasteiger partial charge in [0.25, 0.3) is 5.91 Å². The van der Waals surface area contributed by atoms with E-state index in [0.717, 1.165) is 36.5 Å². The van der Waals surface area contributed by atoms with Gasteiger partial charge in [-0.2, -0.15) is 0 Å². The standard InChI is InChI=1S/C15H19N5O3/c1-8-9-3-2-4-10(9)18-12(17-8)5-6-16-13(21)7-11-14(22)20-15(23)19-11/h11H,2-7H2,1H3,(H,16,21)(H2,19,20,22,23)/t11-/m0/s1. The molecule has 8 heteroatoms. The molecule has 3 rings (SSSR count). The van der Waals surface area contributed by atoms with E-state index in [1.807, 2.05) is 6.92 Å². The SMILES string of the molecule is Cc1nc(CCNC(=O)C[C@@H]2NC(=O)NC2=O)nc2c1CCC2. The lowest BCUT2D eigenvalue weighted by atomic mass is 10.2. The van der Waals surface area contributed by atoms with Gasteiger partial charge in [-0.05, 0) is 31.7 Å². The van der Waals surface area contributed by atoms with Gasteiger partial charge in [-0.3, -0.25) is 14.9 Å². The number of nitrogens with zero attached hydrogens (tertiary/aromatic N) is 2. The summed E-state index contributed by atoms with van der Waals surface area (Å²) in [6.07, 6.45) is 3.65. The summed E-state index contributed by atoms with van der Waals surface area (Å²) in [7, 11) is 0. The minimum atomic E-state index is -0.791. The van der Waals surface area contributed by atoms with Gasteiger partial charge in [0.2, 0.25) is 5.91 Å². The van der Waals surface area contributed by atoms with Crippen molar-refractivity contribution in [3.8, 4) is 0 Å². The molecule has 0 unspecified atom stereocenters. The molecule has 2 aliphatic rings. The van der Waals surface area contributed by atoms with Gasteiger partial charge < -0.3 is 10.6 Å². The summed E-state index contributed by atoms with van der Waals surface area (Å²) in [6, 6.07) is -1.35. The van der Waals surface area contributed by atoms with Crippen molar-refractivity contribution in [3.05, 3.63) is 22.8 Å². The number of nitrogens with one attached hydrogen (secondary N) is 3. The summed E-state index contributed by atoms with van der Waals surface area (Å²) in [5.74, 6) is -0.0247. The average Bonchev–Trinajstić information content (AvgIpc) is 3.06. The maximum Gasteiger partial charge on any atom is 0.322 e. The first-order valence-corrected chi connectivity index (χ1v) is 7.76. The normalized spacial score (nSPS) is 19.3. The van der Waals surface area contributed by atoms with E-state index in [1.165, 1.54) is 5.56 Å². The summed E-state index contributed by atoms with van der Waals surface area (Å²) in [4.78, 5) is 43.2. The predicted octanol–water partition coefficient (Wildman–Crippen LogP) is -0.469. The van der Waals surface area contributed by atoms with Crippen molar-refractivity contribution >= 4 is 17.8 Å². The highest BCUT2D eigenvalue weighted by Crippen LogP contribution is 2.22. The number of carbonyl (C=O) groups excluding carboxylic acids is 3. The van der Waals surface area contributed by atoms with E-state index < -0.39 is 18.0 Å². The monoisotopic (exact) mass is 317 g/mol. The van der Waals surface area contributed by atoms with Crippen LogP contribution in [0.15, 0.2) is 0 Å². The quantitative estimate of drug-likeness (QED) is 0.636. The molecule has 0 bridgehead atoms. The van der Waals surface area contributed by atoms with Crippen LogP contribution in [0.5, 0.6) is 0 Å². The molecule has 2 heterocycles. The highest BCUT2D eigenvalue weighted by Gasteiger charge is 2.31. The average molecular weight is 317 g/mol. The van der Waals surface area contributed by atoms with Crippen molar-refractivity contribution in [2.45, 2.75) is 45.1 Å². The van der Waals surface area contributed by atoms with Crippen LogP contribution < -0.4 is 16.0 Å². The van der Waals surface area contributed by atoms with Crippen LogP contribution in [0.1, 0.15) is 35.6 Å². The molecule has 8 nitrogen and oxygen atoms in total. The van der Waals surface area contributed by atoms with Gasteiger partial charge in [-0.15, -0.1) is 0 Å². The second-order valence-electron chi connectivity index (χ2n) is 5.82. The topological polar surface area (TPSA) is 113 Å². The molecule has 23 heavy (non-hydrogen) atoms. The summed E-state index contributed by atoms with van der Waals surface area (Å²) < 4.78 is 0. The van der Waals surface area contributed by atoms with Gasteiger partial charge in [-0.1, -0.05) is 0 Å². The summed E-state index contributed by atoms with van der Waals surface area (Å²) in [5.41, 5.74) is 3.42. The predicted molar refractivity (Wildman–Crippen MR) is 80.6 cm³/mol. The molecule has 1 aromatic heterocycles. The van der Waals surface area contributed by atoms with Gasteiger partial charge in [-0.25, -0.2) is 14.8 Å². The lowest BCUT2D eigenvalue weighted by molar-refractivity contribution is -0.126. The lowest BCUT2D eigenvalue weighted by Gasteiger charge is -2.09. The maximum atomic E-state index is 11.8. The number of fused-ring (bicyclic) bond motifs is 1. The lowest BCUT2D eigenvalue weighted by Crippen LogP contribution is -2.36. The molecule has 0 saturated carbocycles. The van der Waals surface area contributed by atoms with E-state index in [9.17, 15) is 14.4 Å². The second kappa shape index (κ2) is 6.31. The van der Waals surface area contributed by atoms with Gasteiger partial charge in [0.05, 0.1) is 6.42 Å². The number of hydrogen-bond donors (Lipinski definition) is 3.